The van der Waals surface area contributed by atoms with Crippen molar-refractivity contribution in [1.29, 1.82) is 0 Å². The molecule has 2 aromatic rings. The van der Waals surface area contributed by atoms with Crippen LogP contribution in [0.1, 0.15) is 67.9 Å². The molecule has 0 aromatic carbocycles. The third kappa shape index (κ3) is 3.49. The highest BCUT2D eigenvalue weighted by atomic mass is 16.4. The highest BCUT2D eigenvalue weighted by molar-refractivity contribution is 6.05. The number of carbonyl (C=O) groups is 2. The Morgan fingerprint density at radius 2 is 1.92 bits per heavy atom. The van der Waals surface area contributed by atoms with Crippen molar-refractivity contribution in [2.45, 2.75) is 57.4 Å². The number of hydrogen-bond acceptors (Lipinski definition) is 4. The maximum atomic E-state index is 12.8. The van der Waals surface area contributed by atoms with Gasteiger partial charge in [0.05, 0.1) is 23.1 Å². The molecule has 0 aliphatic heterocycles. The second-order valence-corrected chi connectivity index (χ2v) is 7.43. The SMILES string of the molecule is Cn1cc(C(=O)Nc2cnn(C(C)(C)C(=O)O)c2)c(C2CCCCC2)n1. The van der Waals surface area contributed by atoms with Gasteiger partial charge >= 0.3 is 5.97 Å². The molecular formula is C18H25N5O3. The molecule has 1 aliphatic carbocycles. The number of hydrogen-bond donors (Lipinski definition) is 2. The van der Waals surface area contributed by atoms with Crippen molar-refractivity contribution in [1.82, 2.24) is 19.6 Å². The molecule has 0 radical (unpaired) electrons. The van der Waals surface area contributed by atoms with E-state index in [1.165, 1.54) is 36.3 Å². The number of carboxylic acids is 1. The summed E-state index contributed by atoms with van der Waals surface area (Å²) in [6.07, 6.45) is 10.4. The molecule has 2 aromatic heterocycles. The molecule has 1 fully saturated rings. The summed E-state index contributed by atoms with van der Waals surface area (Å²) < 4.78 is 3.01. The maximum Gasteiger partial charge on any atom is 0.331 e. The van der Waals surface area contributed by atoms with Gasteiger partial charge in [-0.2, -0.15) is 10.2 Å². The van der Waals surface area contributed by atoms with Gasteiger partial charge in [-0.15, -0.1) is 0 Å². The lowest BCUT2D eigenvalue weighted by molar-refractivity contribution is -0.146. The van der Waals surface area contributed by atoms with Crippen LogP contribution in [0.5, 0.6) is 0 Å². The van der Waals surface area contributed by atoms with Gasteiger partial charge in [0.15, 0.2) is 5.54 Å². The highest BCUT2D eigenvalue weighted by Gasteiger charge is 2.30. The molecule has 0 atom stereocenters. The third-order valence-electron chi connectivity index (χ3n) is 5.03. The quantitative estimate of drug-likeness (QED) is 0.854. The van der Waals surface area contributed by atoms with E-state index in [1.54, 1.807) is 24.7 Å². The number of carboxylic acid groups (broad SMARTS) is 1. The maximum absolute atomic E-state index is 12.8. The Morgan fingerprint density at radius 3 is 2.58 bits per heavy atom. The summed E-state index contributed by atoms with van der Waals surface area (Å²) in [7, 11) is 1.82. The average molecular weight is 359 g/mol. The van der Waals surface area contributed by atoms with Crippen LogP contribution in [-0.4, -0.2) is 36.5 Å². The molecule has 1 aliphatic rings. The fourth-order valence-electron chi connectivity index (χ4n) is 3.35. The molecule has 0 unspecified atom stereocenters. The molecule has 8 heteroatoms. The summed E-state index contributed by atoms with van der Waals surface area (Å²) in [5.74, 6) is -0.920. The number of anilines is 1. The van der Waals surface area contributed by atoms with Crippen molar-refractivity contribution in [3.8, 4) is 0 Å². The molecule has 0 saturated heterocycles. The van der Waals surface area contributed by atoms with E-state index in [2.05, 4.69) is 15.5 Å². The summed E-state index contributed by atoms with van der Waals surface area (Å²) in [5, 5.41) is 20.7. The van der Waals surface area contributed by atoms with Gasteiger partial charge in [-0.05, 0) is 26.7 Å². The Hall–Kier alpha value is -2.64. The second-order valence-electron chi connectivity index (χ2n) is 7.43. The first-order valence-electron chi connectivity index (χ1n) is 8.92. The van der Waals surface area contributed by atoms with E-state index in [9.17, 15) is 14.7 Å². The molecular weight excluding hydrogens is 334 g/mol. The monoisotopic (exact) mass is 359 g/mol. The summed E-state index contributed by atoms with van der Waals surface area (Å²) >= 11 is 0. The van der Waals surface area contributed by atoms with Crippen LogP contribution in [0.4, 0.5) is 5.69 Å². The first-order chi connectivity index (χ1) is 12.3. The number of aliphatic carboxylic acids is 1. The van der Waals surface area contributed by atoms with Gasteiger partial charge in [0.1, 0.15) is 0 Å². The zero-order valence-electron chi connectivity index (χ0n) is 15.4. The highest BCUT2D eigenvalue weighted by Crippen LogP contribution is 2.33. The van der Waals surface area contributed by atoms with Gasteiger partial charge in [-0.25, -0.2) is 4.79 Å². The molecule has 0 bridgehead atoms. The van der Waals surface area contributed by atoms with Crippen LogP contribution >= 0.6 is 0 Å². The lowest BCUT2D eigenvalue weighted by atomic mass is 9.85. The minimum Gasteiger partial charge on any atom is -0.479 e. The number of nitrogens with one attached hydrogen (secondary N) is 1. The molecule has 140 valence electrons. The summed E-state index contributed by atoms with van der Waals surface area (Å²) in [5.41, 5.74) is 0.695. The summed E-state index contributed by atoms with van der Waals surface area (Å²) in [6.45, 7) is 3.10. The third-order valence-corrected chi connectivity index (χ3v) is 5.03. The molecule has 1 saturated carbocycles. The minimum atomic E-state index is -1.19. The fourth-order valence-corrected chi connectivity index (χ4v) is 3.35. The van der Waals surface area contributed by atoms with Crippen LogP contribution in [0.25, 0.3) is 0 Å². The van der Waals surface area contributed by atoms with Crippen molar-refractivity contribution >= 4 is 17.6 Å². The van der Waals surface area contributed by atoms with Gasteiger partial charge < -0.3 is 10.4 Å². The van der Waals surface area contributed by atoms with Crippen molar-refractivity contribution < 1.29 is 14.7 Å². The average Bonchev–Trinajstić information content (AvgIpc) is 3.22. The second kappa shape index (κ2) is 6.93. The van der Waals surface area contributed by atoms with E-state index in [4.69, 9.17) is 0 Å². The van der Waals surface area contributed by atoms with Crippen LogP contribution in [0.2, 0.25) is 0 Å². The Balaban J connectivity index is 1.79. The Morgan fingerprint density at radius 1 is 1.23 bits per heavy atom. The zero-order valence-corrected chi connectivity index (χ0v) is 15.4. The molecule has 0 spiro atoms. The van der Waals surface area contributed by atoms with Crippen LogP contribution < -0.4 is 5.32 Å². The van der Waals surface area contributed by atoms with Gasteiger partial charge in [0, 0.05) is 25.4 Å². The zero-order chi connectivity index (χ0) is 18.9. The normalized spacial score (nSPS) is 15.8. The van der Waals surface area contributed by atoms with E-state index >= 15 is 0 Å². The first-order valence-corrected chi connectivity index (χ1v) is 8.92. The predicted molar refractivity (Wildman–Crippen MR) is 96.2 cm³/mol. The van der Waals surface area contributed by atoms with Crippen LogP contribution in [0, 0.1) is 0 Å². The van der Waals surface area contributed by atoms with E-state index in [-0.39, 0.29) is 5.91 Å². The number of carbonyl (C=O) groups excluding carboxylic acids is 1. The molecule has 26 heavy (non-hydrogen) atoms. The Kier molecular flexibility index (Phi) is 4.84. The first kappa shape index (κ1) is 18.2. The predicted octanol–water partition coefficient (Wildman–Crippen LogP) is 2.74. The Labute approximate surface area is 152 Å². The van der Waals surface area contributed by atoms with Gasteiger partial charge in [-0.1, -0.05) is 19.3 Å². The van der Waals surface area contributed by atoms with Crippen molar-refractivity contribution in [3.05, 3.63) is 29.8 Å². The summed E-state index contributed by atoms with van der Waals surface area (Å²) in [6, 6.07) is 0. The topological polar surface area (TPSA) is 102 Å². The van der Waals surface area contributed by atoms with Crippen LogP contribution in [0.15, 0.2) is 18.6 Å². The van der Waals surface area contributed by atoms with Gasteiger partial charge in [-0.3, -0.25) is 14.2 Å². The van der Waals surface area contributed by atoms with Gasteiger partial charge in [0.25, 0.3) is 5.91 Å². The fraction of sp³-hybridized carbons (Fsp3) is 0.556. The van der Waals surface area contributed by atoms with E-state index in [0.717, 1.165) is 18.5 Å². The van der Waals surface area contributed by atoms with Crippen LogP contribution in [0.3, 0.4) is 0 Å². The van der Waals surface area contributed by atoms with Crippen molar-refractivity contribution in [3.63, 3.8) is 0 Å². The number of nitrogens with zero attached hydrogens (tertiary/aromatic N) is 4. The smallest absolute Gasteiger partial charge is 0.331 e. The largest absolute Gasteiger partial charge is 0.479 e. The molecule has 8 nitrogen and oxygen atoms in total. The standard InChI is InChI=1S/C18H25N5O3/c1-18(2,17(25)26)23-10-13(9-19-23)20-16(24)14-11-22(3)21-15(14)12-7-5-4-6-8-12/h9-12H,4-8H2,1-3H3,(H,20,24)(H,25,26). The van der Waals surface area contributed by atoms with E-state index in [1.807, 2.05) is 7.05 Å². The summed E-state index contributed by atoms with van der Waals surface area (Å²) in [4.78, 5) is 24.1. The van der Waals surface area contributed by atoms with Crippen molar-refractivity contribution in [2.24, 2.45) is 7.05 Å². The van der Waals surface area contributed by atoms with E-state index in [0.29, 0.717) is 17.2 Å². The van der Waals surface area contributed by atoms with Gasteiger partial charge in [0.2, 0.25) is 0 Å². The number of aryl methyl sites for hydroxylation is 1. The van der Waals surface area contributed by atoms with Crippen molar-refractivity contribution in [2.75, 3.05) is 5.32 Å². The number of amides is 1. The number of aromatic nitrogens is 4. The number of rotatable bonds is 5. The van der Waals surface area contributed by atoms with E-state index < -0.39 is 11.5 Å². The Bertz CT molecular complexity index is 815. The molecule has 1 amide bonds. The molecule has 3 rings (SSSR count). The molecule has 2 N–H and O–H groups in total. The lowest BCUT2D eigenvalue weighted by Crippen LogP contribution is -2.35. The lowest BCUT2D eigenvalue weighted by Gasteiger charge is -2.20. The molecule has 2 heterocycles. The minimum absolute atomic E-state index is 0.244. The van der Waals surface area contributed by atoms with Crippen LogP contribution in [-0.2, 0) is 17.4 Å².